The third-order valence-electron chi connectivity index (χ3n) is 4.24. The Morgan fingerprint density at radius 1 is 1.24 bits per heavy atom. The van der Waals surface area contributed by atoms with Crippen molar-refractivity contribution in [1.29, 1.82) is 0 Å². The first-order valence-corrected chi connectivity index (χ1v) is 8.44. The van der Waals surface area contributed by atoms with Gasteiger partial charge in [0, 0.05) is 42.7 Å². The van der Waals surface area contributed by atoms with Crippen molar-refractivity contribution in [3.63, 3.8) is 0 Å². The van der Waals surface area contributed by atoms with E-state index in [1.165, 1.54) is 25.6 Å². The second kappa shape index (κ2) is 7.83. The average molecular weight is 342 g/mol. The summed E-state index contributed by atoms with van der Waals surface area (Å²) in [6.45, 7) is 1.24. The molecule has 0 bridgehead atoms. The van der Waals surface area contributed by atoms with Gasteiger partial charge in [-0.05, 0) is 43.5 Å². The number of nitrogens with one attached hydrogen (secondary N) is 2. The Hall–Kier alpha value is -2.83. The van der Waals surface area contributed by atoms with Crippen LogP contribution in [0.5, 0.6) is 0 Å². The molecule has 0 fully saturated rings. The first-order valence-electron chi connectivity index (χ1n) is 8.44. The molecule has 0 spiro atoms. The molecule has 0 saturated heterocycles. The summed E-state index contributed by atoms with van der Waals surface area (Å²) in [5.74, 6) is 0.817. The summed E-state index contributed by atoms with van der Waals surface area (Å²) >= 11 is 0. The number of nitrogens with zero attached hydrogens (tertiary/aromatic N) is 2. The highest BCUT2D eigenvalue weighted by Crippen LogP contribution is 2.25. The van der Waals surface area contributed by atoms with E-state index in [2.05, 4.69) is 24.9 Å². The van der Waals surface area contributed by atoms with Crippen LogP contribution in [0.3, 0.4) is 0 Å². The summed E-state index contributed by atoms with van der Waals surface area (Å²) in [6.07, 6.45) is 5.09. The van der Waals surface area contributed by atoms with Gasteiger partial charge in [0.15, 0.2) is 0 Å². The van der Waals surface area contributed by atoms with Gasteiger partial charge in [-0.25, -0.2) is 9.78 Å². The zero-order valence-electron chi connectivity index (χ0n) is 14.2. The number of methoxy groups -OCH3 is 1. The van der Waals surface area contributed by atoms with Crippen LogP contribution in [-0.2, 0) is 22.5 Å². The van der Waals surface area contributed by atoms with Gasteiger partial charge < -0.3 is 19.9 Å². The largest absolute Gasteiger partial charge is 0.453 e. The van der Waals surface area contributed by atoms with Gasteiger partial charge in [0.25, 0.3) is 0 Å². The molecule has 2 amide bonds. The highest BCUT2D eigenvalue weighted by molar-refractivity contribution is 5.91. The SMILES string of the molecule is COC(=O)NCCC(=O)Nc1ccc(-c2ncc3n2CCCC3)cc1. The summed E-state index contributed by atoms with van der Waals surface area (Å²) in [6, 6.07) is 7.66. The molecule has 7 nitrogen and oxygen atoms in total. The van der Waals surface area contributed by atoms with E-state index in [4.69, 9.17) is 0 Å². The molecule has 1 aromatic heterocycles. The Balaban J connectivity index is 1.58. The fourth-order valence-corrected chi connectivity index (χ4v) is 2.94. The summed E-state index contributed by atoms with van der Waals surface area (Å²) in [4.78, 5) is 27.3. The lowest BCUT2D eigenvalue weighted by Gasteiger charge is -2.16. The number of aryl methyl sites for hydroxylation is 1. The number of hydrogen-bond acceptors (Lipinski definition) is 4. The molecule has 1 aromatic carbocycles. The Kier molecular flexibility index (Phi) is 5.33. The molecule has 0 aliphatic carbocycles. The number of aromatic nitrogens is 2. The van der Waals surface area contributed by atoms with E-state index < -0.39 is 6.09 Å². The van der Waals surface area contributed by atoms with E-state index in [1.54, 1.807) is 0 Å². The second-order valence-electron chi connectivity index (χ2n) is 5.98. The Morgan fingerprint density at radius 3 is 2.80 bits per heavy atom. The standard InChI is InChI=1S/C18H22N4O3/c1-25-18(24)19-10-9-16(23)21-14-7-5-13(6-8-14)17-20-12-15-4-2-3-11-22(15)17/h5-8,12H,2-4,9-11H2,1H3,(H,19,24)(H,21,23). The number of alkyl carbamates (subject to hydrolysis) is 1. The fraction of sp³-hybridized carbons (Fsp3) is 0.389. The predicted octanol–water partition coefficient (Wildman–Crippen LogP) is 2.57. The van der Waals surface area contributed by atoms with Crippen LogP contribution in [0.1, 0.15) is 25.0 Å². The minimum Gasteiger partial charge on any atom is -0.453 e. The molecule has 1 aliphatic heterocycles. The van der Waals surface area contributed by atoms with Crippen LogP contribution in [0.15, 0.2) is 30.5 Å². The lowest BCUT2D eigenvalue weighted by molar-refractivity contribution is -0.116. The number of fused-ring (bicyclic) bond motifs is 1. The van der Waals surface area contributed by atoms with Crippen molar-refractivity contribution < 1.29 is 14.3 Å². The van der Waals surface area contributed by atoms with Crippen LogP contribution in [0, 0.1) is 0 Å². The van der Waals surface area contributed by atoms with Gasteiger partial charge in [-0.15, -0.1) is 0 Å². The number of benzene rings is 1. The third kappa shape index (κ3) is 4.17. The molecule has 3 rings (SSSR count). The normalized spacial score (nSPS) is 13.0. The first kappa shape index (κ1) is 17.0. The van der Waals surface area contributed by atoms with Crippen LogP contribution < -0.4 is 10.6 Å². The molecule has 0 radical (unpaired) electrons. The molecule has 132 valence electrons. The Morgan fingerprint density at radius 2 is 2.04 bits per heavy atom. The molecule has 7 heteroatoms. The molecule has 0 atom stereocenters. The van der Waals surface area contributed by atoms with Crippen molar-refractivity contribution in [1.82, 2.24) is 14.9 Å². The number of amides is 2. The van der Waals surface area contributed by atoms with Gasteiger partial charge in [0.2, 0.25) is 5.91 Å². The van der Waals surface area contributed by atoms with Crippen molar-refractivity contribution in [2.45, 2.75) is 32.2 Å². The average Bonchev–Trinajstić information content (AvgIpc) is 3.06. The van der Waals surface area contributed by atoms with Gasteiger partial charge in [-0.2, -0.15) is 0 Å². The van der Waals surface area contributed by atoms with E-state index in [0.717, 1.165) is 30.0 Å². The molecular weight excluding hydrogens is 320 g/mol. The molecule has 2 N–H and O–H groups in total. The first-order chi connectivity index (χ1) is 12.2. The second-order valence-corrected chi connectivity index (χ2v) is 5.98. The van der Waals surface area contributed by atoms with Gasteiger partial charge in [0.05, 0.1) is 7.11 Å². The molecule has 0 unspecified atom stereocenters. The van der Waals surface area contributed by atoms with Crippen molar-refractivity contribution >= 4 is 17.7 Å². The molecule has 0 saturated carbocycles. The predicted molar refractivity (Wildman–Crippen MR) is 94.3 cm³/mol. The van der Waals surface area contributed by atoms with Gasteiger partial charge in [-0.3, -0.25) is 4.79 Å². The lowest BCUT2D eigenvalue weighted by Crippen LogP contribution is -2.27. The number of hydrogen-bond donors (Lipinski definition) is 2. The summed E-state index contributed by atoms with van der Waals surface area (Å²) in [5, 5.41) is 5.28. The molecular formula is C18H22N4O3. The van der Waals surface area contributed by atoms with Crippen LogP contribution in [0.4, 0.5) is 10.5 Å². The maximum atomic E-state index is 11.9. The van der Waals surface area contributed by atoms with Gasteiger partial charge in [-0.1, -0.05) is 0 Å². The number of anilines is 1. The van der Waals surface area contributed by atoms with Crippen molar-refractivity contribution in [2.75, 3.05) is 19.0 Å². The van der Waals surface area contributed by atoms with E-state index in [-0.39, 0.29) is 18.9 Å². The maximum absolute atomic E-state index is 11.9. The Bertz CT molecular complexity index is 752. The van der Waals surface area contributed by atoms with E-state index >= 15 is 0 Å². The van der Waals surface area contributed by atoms with E-state index in [9.17, 15) is 9.59 Å². The quantitative estimate of drug-likeness (QED) is 0.874. The molecule has 2 heterocycles. The Labute approximate surface area is 146 Å². The summed E-state index contributed by atoms with van der Waals surface area (Å²) < 4.78 is 6.72. The molecule has 25 heavy (non-hydrogen) atoms. The van der Waals surface area contributed by atoms with Gasteiger partial charge >= 0.3 is 6.09 Å². The number of ether oxygens (including phenoxy) is 1. The minimum absolute atomic E-state index is 0.164. The monoisotopic (exact) mass is 342 g/mol. The van der Waals surface area contributed by atoms with Gasteiger partial charge in [0.1, 0.15) is 5.82 Å². The fourth-order valence-electron chi connectivity index (χ4n) is 2.94. The van der Waals surface area contributed by atoms with E-state index in [1.807, 2.05) is 30.5 Å². The number of carbonyl (C=O) groups excluding carboxylic acids is 2. The smallest absolute Gasteiger partial charge is 0.406 e. The molecule has 1 aliphatic rings. The van der Waals surface area contributed by atoms with Crippen molar-refractivity contribution in [3.8, 4) is 11.4 Å². The summed E-state index contributed by atoms with van der Waals surface area (Å²) in [7, 11) is 1.29. The number of carbonyl (C=O) groups is 2. The summed E-state index contributed by atoms with van der Waals surface area (Å²) in [5.41, 5.74) is 3.05. The molecule has 2 aromatic rings. The van der Waals surface area contributed by atoms with E-state index in [0.29, 0.717) is 0 Å². The van der Waals surface area contributed by atoms with Crippen LogP contribution in [0.25, 0.3) is 11.4 Å². The van der Waals surface area contributed by atoms with Crippen molar-refractivity contribution in [2.24, 2.45) is 0 Å². The highest BCUT2D eigenvalue weighted by atomic mass is 16.5. The van der Waals surface area contributed by atoms with Crippen LogP contribution >= 0.6 is 0 Å². The zero-order valence-corrected chi connectivity index (χ0v) is 14.2. The van der Waals surface area contributed by atoms with Crippen LogP contribution in [0.2, 0.25) is 0 Å². The minimum atomic E-state index is -0.541. The maximum Gasteiger partial charge on any atom is 0.406 e. The van der Waals surface area contributed by atoms with Crippen molar-refractivity contribution in [3.05, 3.63) is 36.2 Å². The number of imidazole rings is 1. The highest BCUT2D eigenvalue weighted by Gasteiger charge is 2.15. The third-order valence-corrected chi connectivity index (χ3v) is 4.24. The topological polar surface area (TPSA) is 85.2 Å². The number of rotatable bonds is 5. The van der Waals surface area contributed by atoms with Crippen LogP contribution in [-0.4, -0.2) is 35.2 Å². The lowest BCUT2D eigenvalue weighted by atomic mass is 10.1. The zero-order chi connectivity index (χ0) is 17.6.